The molecule has 3 N–H and O–H groups in total. The van der Waals surface area contributed by atoms with Crippen molar-refractivity contribution < 1.29 is 22.7 Å². The van der Waals surface area contributed by atoms with Crippen molar-refractivity contribution in [3.05, 3.63) is 72.2 Å². The van der Waals surface area contributed by atoms with Crippen LogP contribution in [0.3, 0.4) is 0 Å². The molecule has 1 unspecified atom stereocenters. The second-order valence-electron chi connectivity index (χ2n) is 8.64. The predicted octanol–water partition coefficient (Wildman–Crippen LogP) is 3.40. The van der Waals surface area contributed by atoms with Gasteiger partial charge in [-0.25, -0.2) is 27.2 Å². The van der Waals surface area contributed by atoms with Gasteiger partial charge in [-0.15, -0.1) is 0 Å². The number of hydrogen-bond donors (Lipinski definition) is 2. The summed E-state index contributed by atoms with van der Waals surface area (Å²) in [6.07, 6.45) is 3.56. The Balaban J connectivity index is 1.72. The minimum atomic E-state index is -3.96. The van der Waals surface area contributed by atoms with Crippen LogP contribution in [0.1, 0.15) is 17.7 Å². The summed E-state index contributed by atoms with van der Waals surface area (Å²) in [6.45, 7) is 2.82. The zero-order chi connectivity index (χ0) is 25.5. The molecule has 0 spiro atoms. The Morgan fingerprint density at radius 3 is 2.67 bits per heavy atom. The highest BCUT2D eigenvalue weighted by atomic mass is 32.2. The van der Waals surface area contributed by atoms with Gasteiger partial charge in [0.2, 0.25) is 0 Å². The fraction of sp³-hybridized carbons (Fsp3) is 0.240. The lowest BCUT2D eigenvalue weighted by Crippen LogP contribution is -2.30. The molecule has 10 nitrogen and oxygen atoms in total. The molecule has 0 saturated carbocycles. The molecule has 4 heterocycles. The number of amides is 2. The van der Waals surface area contributed by atoms with E-state index < -0.39 is 21.7 Å². The lowest BCUT2D eigenvalue weighted by molar-refractivity contribution is -0.0245. The number of nitrogens with one attached hydrogen (secondary N) is 1. The number of carbonyl (C=O) groups excluding carboxylic acids is 1. The maximum absolute atomic E-state index is 13.6. The first-order valence-corrected chi connectivity index (χ1v) is 12.7. The number of hydrogen-bond acceptors (Lipinski definition) is 7. The second-order valence-corrected chi connectivity index (χ2v) is 10.5. The van der Waals surface area contributed by atoms with E-state index in [-0.39, 0.29) is 10.7 Å². The van der Waals surface area contributed by atoms with Crippen LogP contribution < -0.4 is 11.1 Å². The lowest BCUT2D eigenvalue weighted by Gasteiger charge is -2.25. The van der Waals surface area contributed by atoms with Gasteiger partial charge >= 0.3 is 6.03 Å². The van der Waals surface area contributed by atoms with Crippen LogP contribution in [-0.4, -0.2) is 48.7 Å². The second kappa shape index (κ2) is 9.01. The number of carbonyl (C=O) groups is 1. The van der Waals surface area contributed by atoms with Crippen LogP contribution in [0, 0.1) is 6.92 Å². The minimum Gasteiger partial charge on any atom is -0.378 e. The molecule has 36 heavy (non-hydrogen) atoms. The molecule has 2 amide bonds. The Bertz CT molecular complexity index is 1560. The van der Waals surface area contributed by atoms with Gasteiger partial charge in [-0.2, -0.15) is 0 Å². The number of nitrogens with zero attached hydrogens (tertiary/aromatic N) is 3. The largest absolute Gasteiger partial charge is 0.378 e. The summed E-state index contributed by atoms with van der Waals surface area (Å²) in [5.41, 5.74) is 7.64. The average molecular weight is 508 g/mol. The number of benzene rings is 1. The van der Waals surface area contributed by atoms with Gasteiger partial charge in [0.1, 0.15) is 11.4 Å². The van der Waals surface area contributed by atoms with Crippen LogP contribution in [-0.2, 0) is 25.1 Å². The first-order chi connectivity index (χ1) is 17.2. The van der Waals surface area contributed by atoms with Gasteiger partial charge in [0, 0.05) is 37.3 Å². The number of fused-ring (bicyclic) bond motifs is 1. The van der Waals surface area contributed by atoms with E-state index in [1.165, 1.54) is 16.4 Å². The van der Waals surface area contributed by atoms with Crippen LogP contribution in [0.25, 0.3) is 22.2 Å². The Hall–Kier alpha value is -3.80. The summed E-state index contributed by atoms with van der Waals surface area (Å²) in [5, 5.41) is 2.98. The van der Waals surface area contributed by atoms with Crippen molar-refractivity contribution in [1.29, 1.82) is 0 Å². The fourth-order valence-electron chi connectivity index (χ4n) is 4.37. The van der Waals surface area contributed by atoms with Gasteiger partial charge in [0.05, 0.1) is 34.6 Å². The van der Waals surface area contributed by atoms with Gasteiger partial charge in [0.25, 0.3) is 10.0 Å². The summed E-state index contributed by atoms with van der Waals surface area (Å²) in [6, 6.07) is 12.9. The molecule has 3 aromatic heterocycles. The number of primary amides is 1. The van der Waals surface area contributed by atoms with Crippen molar-refractivity contribution in [3.8, 4) is 11.3 Å². The maximum Gasteiger partial charge on any atom is 0.317 e. The monoisotopic (exact) mass is 507 g/mol. The SMILES string of the molecule is COC1(c2cccc(-c3cn(S(=O)(=O)c4ccc(C)cc4)c4cnc(NC(N)=O)cc34)n2)CCOC1. The molecule has 0 bridgehead atoms. The lowest BCUT2D eigenvalue weighted by atomic mass is 9.97. The number of rotatable bonds is 6. The summed E-state index contributed by atoms with van der Waals surface area (Å²) in [4.78, 5) is 20.6. The van der Waals surface area contributed by atoms with Crippen LogP contribution in [0.15, 0.2) is 65.8 Å². The molecule has 11 heteroatoms. The van der Waals surface area contributed by atoms with E-state index in [0.29, 0.717) is 47.5 Å². The third kappa shape index (κ3) is 4.11. The highest BCUT2D eigenvalue weighted by molar-refractivity contribution is 7.90. The molecule has 1 aliphatic heterocycles. The Kier molecular flexibility index (Phi) is 5.99. The molecule has 1 aromatic carbocycles. The maximum atomic E-state index is 13.6. The zero-order valence-corrected chi connectivity index (χ0v) is 20.6. The van der Waals surface area contributed by atoms with Gasteiger partial charge < -0.3 is 15.2 Å². The van der Waals surface area contributed by atoms with Crippen molar-refractivity contribution in [2.75, 3.05) is 25.6 Å². The van der Waals surface area contributed by atoms with Crippen LogP contribution in [0.5, 0.6) is 0 Å². The first kappa shape index (κ1) is 23.9. The summed E-state index contributed by atoms with van der Waals surface area (Å²) in [5.74, 6) is 0.190. The van der Waals surface area contributed by atoms with E-state index in [4.69, 9.17) is 20.2 Å². The highest BCUT2D eigenvalue weighted by Gasteiger charge is 2.38. The molecule has 1 saturated heterocycles. The van der Waals surface area contributed by atoms with Crippen molar-refractivity contribution in [2.45, 2.75) is 23.8 Å². The smallest absolute Gasteiger partial charge is 0.317 e. The van der Waals surface area contributed by atoms with E-state index in [0.717, 1.165) is 5.56 Å². The van der Waals surface area contributed by atoms with Gasteiger partial charge in [-0.05, 0) is 37.3 Å². The normalized spacial score (nSPS) is 17.9. The van der Waals surface area contributed by atoms with Crippen LogP contribution in [0.4, 0.5) is 10.6 Å². The number of aryl methyl sites for hydroxylation is 1. The van der Waals surface area contributed by atoms with Gasteiger partial charge in [-0.1, -0.05) is 23.8 Å². The Morgan fingerprint density at radius 2 is 2.00 bits per heavy atom. The van der Waals surface area contributed by atoms with Crippen molar-refractivity contribution >= 4 is 32.8 Å². The average Bonchev–Trinajstić information content (AvgIpc) is 3.50. The third-order valence-electron chi connectivity index (χ3n) is 6.35. The number of urea groups is 1. The molecule has 1 aliphatic rings. The molecule has 0 aliphatic carbocycles. The molecule has 5 rings (SSSR count). The number of methoxy groups -OCH3 is 1. The van der Waals surface area contributed by atoms with Crippen molar-refractivity contribution in [1.82, 2.24) is 13.9 Å². The predicted molar refractivity (Wildman–Crippen MR) is 134 cm³/mol. The summed E-state index contributed by atoms with van der Waals surface area (Å²) in [7, 11) is -2.33. The van der Waals surface area contributed by atoms with Gasteiger partial charge in [0.15, 0.2) is 0 Å². The first-order valence-electron chi connectivity index (χ1n) is 11.2. The number of ether oxygens (including phenoxy) is 2. The van der Waals surface area contributed by atoms with Crippen LogP contribution in [0.2, 0.25) is 0 Å². The zero-order valence-electron chi connectivity index (χ0n) is 19.8. The minimum absolute atomic E-state index is 0.138. The molecule has 4 aromatic rings. The molecular formula is C25H25N5O5S. The van der Waals surface area contributed by atoms with E-state index in [1.54, 1.807) is 43.5 Å². The Morgan fingerprint density at radius 1 is 1.22 bits per heavy atom. The molecule has 186 valence electrons. The third-order valence-corrected chi connectivity index (χ3v) is 8.04. The molecule has 1 fully saturated rings. The van der Waals surface area contributed by atoms with E-state index in [2.05, 4.69) is 10.3 Å². The topological polar surface area (TPSA) is 138 Å². The standard InChI is InChI=1S/C25H25N5O5S/c1-16-6-8-17(9-7-16)36(32,33)30-14-19(18-12-23(29-24(26)31)27-13-21(18)30)20-4-3-5-22(28-20)25(34-2)10-11-35-15-25/h3-9,12-14H,10-11,15H2,1-2H3,(H3,26,27,29,31). The van der Waals surface area contributed by atoms with Crippen LogP contribution >= 0.6 is 0 Å². The Labute approximate surface area is 208 Å². The molecule has 1 atom stereocenters. The molecular weight excluding hydrogens is 482 g/mol. The number of nitrogens with two attached hydrogens (primary N) is 1. The summed E-state index contributed by atoms with van der Waals surface area (Å²) >= 11 is 0. The van der Waals surface area contributed by atoms with Gasteiger partial charge in [-0.3, -0.25) is 5.32 Å². The number of aromatic nitrogens is 3. The van der Waals surface area contributed by atoms with E-state index >= 15 is 0 Å². The molecule has 0 radical (unpaired) electrons. The number of pyridine rings is 2. The quantitative estimate of drug-likeness (QED) is 0.408. The highest BCUT2D eigenvalue weighted by Crippen LogP contribution is 2.37. The fourth-order valence-corrected chi connectivity index (χ4v) is 5.73. The van der Waals surface area contributed by atoms with E-state index in [1.807, 2.05) is 19.1 Å². The summed E-state index contributed by atoms with van der Waals surface area (Å²) < 4.78 is 39.8. The van der Waals surface area contributed by atoms with Crippen molar-refractivity contribution in [2.24, 2.45) is 5.73 Å². The van der Waals surface area contributed by atoms with Crippen molar-refractivity contribution in [3.63, 3.8) is 0 Å². The number of anilines is 1. The van der Waals surface area contributed by atoms with E-state index in [9.17, 15) is 13.2 Å².